The molecule has 1 aliphatic carbocycles. The van der Waals surface area contributed by atoms with E-state index in [4.69, 9.17) is 4.42 Å². The van der Waals surface area contributed by atoms with Crippen molar-refractivity contribution >= 4 is 32.7 Å². The highest BCUT2D eigenvalue weighted by Crippen LogP contribution is 2.31. The Morgan fingerprint density at radius 2 is 2.14 bits per heavy atom. The lowest BCUT2D eigenvalue weighted by atomic mass is 10.1. The maximum absolute atomic E-state index is 12.7. The lowest BCUT2D eigenvalue weighted by Crippen LogP contribution is -2.32. The summed E-state index contributed by atoms with van der Waals surface area (Å²) in [6.07, 6.45) is 4.06. The van der Waals surface area contributed by atoms with Gasteiger partial charge in [-0.05, 0) is 64.0 Å². The lowest BCUT2D eigenvalue weighted by molar-refractivity contribution is 0.0696. The van der Waals surface area contributed by atoms with Crippen LogP contribution in [0.25, 0.3) is 10.9 Å². The summed E-state index contributed by atoms with van der Waals surface area (Å²) >= 11 is 3.25. The number of benzene rings is 1. The number of halogens is 1. The molecule has 2 aromatic heterocycles. The van der Waals surface area contributed by atoms with Gasteiger partial charge in [-0.15, -0.1) is 0 Å². The normalized spacial score (nSPS) is 14.4. The van der Waals surface area contributed by atoms with E-state index in [2.05, 4.69) is 39.1 Å². The number of aromatic amines is 1. The number of nitrogens with zero attached hydrogens (tertiary/aromatic N) is 1. The molecule has 0 atom stereocenters. The second-order valence-corrected chi connectivity index (χ2v) is 6.45. The van der Waals surface area contributed by atoms with Crippen molar-refractivity contribution in [2.24, 2.45) is 0 Å². The average Bonchev–Trinajstić information content (AvgIpc) is 3.08. The molecule has 22 heavy (non-hydrogen) atoms. The Morgan fingerprint density at radius 1 is 1.27 bits per heavy atom. The van der Waals surface area contributed by atoms with Gasteiger partial charge in [0.15, 0.2) is 10.4 Å². The van der Waals surface area contributed by atoms with Crippen molar-refractivity contribution in [2.75, 3.05) is 0 Å². The number of H-pyrrole nitrogens is 1. The molecule has 0 bridgehead atoms. The minimum atomic E-state index is -0.0419. The van der Waals surface area contributed by atoms with Crippen LogP contribution < -0.4 is 0 Å². The SMILES string of the molecule is O=C(c1ccc(Br)o1)N(Cc1ccc2cc[nH]c2c1)C1CC1. The molecule has 3 aromatic rings. The van der Waals surface area contributed by atoms with Crippen molar-refractivity contribution in [2.45, 2.75) is 25.4 Å². The van der Waals surface area contributed by atoms with Gasteiger partial charge in [-0.1, -0.05) is 12.1 Å². The third kappa shape index (κ3) is 2.57. The Hall–Kier alpha value is -2.01. The Labute approximate surface area is 136 Å². The van der Waals surface area contributed by atoms with Crippen molar-refractivity contribution in [3.05, 3.63) is 58.6 Å². The molecule has 0 saturated heterocycles. The first-order valence-corrected chi connectivity index (χ1v) is 8.12. The quantitative estimate of drug-likeness (QED) is 0.754. The predicted octanol–water partition coefficient (Wildman–Crippen LogP) is 4.33. The number of amides is 1. The number of carbonyl (C=O) groups excluding carboxylic acids is 1. The van der Waals surface area contributed by atoms with Gasteiger partial charge in [-0.2, -0.15) is 0 Å². The zero-order chi connectivity index (χ0) is 15.1. The van der Waals surface area contributed by atoms with Gasteiger partial charge >= 0.3 is 0 Å². The van der Waals surface area contributed by atoms with Gasteiger partial charge in [0, 0.05) is 24.3 Å². The van der Waals surface area contributed by atoms with Crippen molar-refractivity contribution in [3.8, 4) is 0 Å². The molecule has 0 aliphatic heterocycles. The molecule has 1 saturated carbocycles. The molecular weight excluding hydrogens is 344 g/mol. The van der Waals surface area contributed by atoms with Gasteiger partial charge in [-0.3, -0.25) is 4.79 Å². The number of rotatable bonds is 4. The fraction of sp³-hybridized carbons (Fsp3) is 0.235. The van der Waals surface area contributed by atoms with E-state index in [0.29, 0.717) is 23.0 Å². The molecule has 2 heterocycles. The van der Waals surface area contributed by atoms with Crippen LogP contribution in [-0.2, 0) is 6.54 Å². The molecule has 4 rings (SSSR count). The second kappa shape index (κ2) is 5.32. The minimum absolute atomic E-state index is 0.0419. The van der Waals surface area contributed by atoms with Crippen LogP contribution in [0.4, 0.5) is 0 Å². The van der Waals surface area contributed by atoms with E-state index in [1.165, 1.54) is 5.39 Å². The largest absolute Gasteiger partial charge is 0.444 e. The summed E-state index contributed by atoms with van der Waals surface area (Å²) < 4.78 is 6.00. The summed E-state index contributed by atoms with van der Waals surface area (Å²) in [5.41, 5.74) is 2.22. The maximum atomic E-state index is 12.7. The van der Waals surface area contributed by atoms with Gasteiger partial charge < -0.3 is 14.3 Å². The highest BCUT2D eigenvalue weighted by molar-refractivity contribution is 9.10. The van der Waals surface area contributed by atoms with Crippen LogP contribution in [0.2, 0.25) is 0 Å². The Kier molecular flexibility index (Phi) is 3.30. The highest BCUT2D eigenvalue weighted by atomic mass is 79.9. The second-order valence-electron chi connectivity index (χ2n) is 5.67. The molecule has 1 aromatic carbocycles. The summed E-state index contributed by atoms with van der Waals surface area (Å²) in [5, 5.41) is 1.18. The van der Waals surface area contributed by atoms with Crippen LogP contribution >= 0.6 is 15.9 Å². The molecule has 4 nitrogen and oxygen atoms in total. The van der Waals surface area contributed by atoms with Crippen molar-refractivity contribution in [1.29, 1.82) is 0 Å². The van der Waals surface area contributed by atoms with Crippen LogP contribution in [0.5, 0.6) is 0 Å². The molecule has 0 radical (unpaired) electrons. The smallest absolute Gasteiger partial charge is 0.290 e. The van der Waals surface area contributed by atoms with Gasteiger partial charge in [0.25, 0.3) is 5.91 Å². The highest BCUT2D eigenvalue weighted by Gasteiger charge is 2.34. The molecule has 0 spiro atoms. The monoisotopic (exact) mass is 358 g/mol. The van der Waals surface area contributed by atoms with Crippen molar-refractivity contribution < 1.29 is 9.21 Å². The third-order valence-corrected chi connectivity index (χ3v) is 4.43. The molecule has 0 unspecified atom stereocenters. The van der Waals surface area contributed by atoms with E-state index in [1.807, 2.05) is 17.2 Å². The van der Waals surface area contributed by atoms with E-state index in [0.717, 1.165) is 23.9 Å². The summed E-state index contributed by atoms with van der Waals surface area (Å²) in [4.78, 5) is 17.8. The van der Waals surface area contributed by atoms with E-state index in [1.54, 1.807) is 12.1 Å². The van der Waals surface area contributed by atoms with Crippen LogP contribution in [0.15, 0.2) is 51.7 Å². The van der Waals surface area contributed by atoms with Gasteiger partial charge in [0.05, 0.1) is 0 Å². The zero-order valence-corrected chi connectivity index (χ0v) is 13.5. The fourth-order valence-electron chi connectivity index (χ4n) is 2.71. The summed E-state index contributed by atoms with van der Waals surface area (Å²) in [5.74, 6) is 0.347. The Bertz CT molecular complexity index is 832. The minimum Gasteiger partial charge on any atom is -0.444 e. The van der Waals surface area contributed by atoms with Crippen molar-refractivity contribution in [3.63, 3.8) is 0 Å². The Morgan fingerprint density at radius 3 is 2.86 bits per heavy atom. The van der Waals surface area contributed by atoms with Crippen molar-refractivity contribution in [1.82, 2.24) is 9.88 Å². The topological polar surface area (TPSA) is 49.2 Å². The third-order valence-electron chi connectivity index (χ3n) is 4.00. The van der Waals surface area contributed by atoms with Crippen LogP contribution in [0.1, 0.15) is 29.0 Å². The number of aromatic nitrogens is 1. The van der Waals surface area contributed by atoms with E-state index in [9.17, 15) is 4.79 Å². The zero-order valence-electron chi connectivity index (χ0n) is 11.9. The fourth-order valence-corrected chi connectivity index (χ4v) is 3.02. The Balaban J connectivity index is 1.60. The van der Waals surface area contributed by atoms with Gasteiger partial charge in [-0.25, -0.2) is 0 Å². The van der Waals surface area contributed by atoms with Gasteiger partial charge in [0.1, 0.15) is 0 Å². The summed E-state index contributed by atoms with van der Waals surface area (Å²) in [6, 6.07) is 12.1. The number of hydrogen-bond acceptors (Lipinski definition) is 2. The number of carbonyl (C=O) groups is 1. The summed E-state index contributed by atoms with van der Waals surface area (Å²) in [7, 11) is 0. The average molecular weight is 359 g/mol. The summed E-state index contributed by atoms with van der Waals surface area (Å²) in [6.45, 7) is 0.608. The molecule has 1 aliphatic rings. The number of nitrogens with one attached hydrogen (secondary N) is 1. The van der Waals surface area contributed by atoms with E-state index >= 15 is 0 Å². The number of hydrogen-bond donors (Lipinski definition) is 1. The standard InChI is InChI=1S/C17H15BrN2O2/c18-16-6-5-15(22-16)17(21)20(13-3-4-13)10-11-1-2-12-7-8-19-14(12)9-11/h1-2,5-9,13,19H,3-4,10H2. The number of fused-ring (bicyclic) bond motifs is 1. The predicted molar refractivity (Wildman–Crippen MR) is 87.6 cm³/mol. The first kappa shape index (κ1) is 13.6. The first-order valence-electron chi connectivity index (χ1n) is 7.33. The molecule has 1 amide bonds. The molecule has 112 valence electrons. The maximum Gasteiger partial charge on any atom is 0.290 e. The first-order chi connectivity index (χ1) is 10.7. The van der Waals surface area contributed by atoms with Gasteiger partial charge in [0.2, 0.25) is 0 Å². The molecular formula is C17H15BrN2O2. The van der Waals surface area contributed by atoms with E-state index in [-0.39, 0.29) is 5.91 Å². The molecule has 5 heteroatoms. The number of furan rings is 1. The molecule has 1 N–H and O–H groups in total. The lowest BCUT2D eigenvalue weighted by Gasteiger charge is -2.21. The van der Waals surface area contributed by atoms with Crippen LogP contribution in [-0.4, -0.2) is 21.8 Å². The van der Waals surface area contributed by atoms with Crippen LogP contribution in [0, 0.1) is 0 Å². The molecule has 1 fully saturated rings. The van der Waals surface area contributed by atoms with E-state index < -0.39 is 0 Å². The van der Waals surface area contributed by atoms with Crippen LogP contribution in [0.3, 0.4) is 0 Å².